The highest BCUT2D eigenvalue weighted by Gasteiger charge is 2.35. The molecule has 156 valence electrons. The van der Waals surface area contributed by atoms with E-state index in [9.17, 15) is 4.79 Å². The van der Waals surface area contributed by atoms with Gasteiger partial charge in [0.1, 0.15) is 5.00 Å². The number of rotatable bonds is 3. The third-order valence-electron chi connectivity index (χ3n) is 6.32. The van der Waals surface area contributed by atoms with E-state index >= 15 is 0 Å². The Labute approximate surface area is 182 Å². The summed E-state index contributed by atoms with van der Waals surface area (Å²) < 4.78 is 2.35. The molecule has 2 amide bonds. The normalized spacial score (nSPS) is 17.7. The molecule has 0 fully saturated rings. The minimum atomic E-state index is -0.101. The number of carbonyl (C=O) groups is 1. The topological polar surface area (TPSA) is 37.3 Å². The Balaban J connectivity index is 1.69. The standard InChI is InChI=1S/C25H29N3OS/c1-3-13-26-25(29)28-16-20-19-10-4-5-12-22(19)30-24(20)27-14-7-11-21(27)23(28)18-9-6-8-17(2)15-18/h6-9,11,14-15,23H,3-5,10,12-13,16H2,1-2H3,(H,26,29)/t23-/m0/s1. The molecule has 1 aliphatic carbocycles. The van der Waals surface area contributed by atoms with Crippen molar-refractivity contribution < 1.29 is 4.79 Å². The minimum Gasteiger partial charge on any atom is -0.338 e. The fourth-order valence-corrected chi connectivity index (χ4v) is 6.31. The molecule has 1 N–H and O–H groups in total. The van der Waals surface area contributed by atoms with Crippen LogP contribution in [0.2, 0.25) is 0 Å². The van der Waals surface area contributed by atoms with E-state index in [0.717, 1.165) is 12.8 Å². The summed E-state index contributed by atoms with van der Waals surface area (Å²) in [6.45, 7) is 5.58. The van der Waals surface area contributed by atoms with Gasteiger partial charge in [-0.05, 0) is 62.3 Å². The zero-order chi connectivity index (χ0) is 20.7. The number of carbonyl (C=O) groups excluding carboxylic acids is 1. The number of hydrogen-bond donors (Lipinski definition) is 1. The van der Waals surface area contributed by atoms with Crippen molar-refractivity contribution in [2.45, 2.75) is 58.5 Å². The molecule has 30 heavy (non-hydrogen) atoms. The van der Waals surface area contributed by atoms with Gasteiger partial charge in [-0.1, -0.05) is 36.8 Å². The highest BCUT2D eigenvalue weighted by Crippen LogP contribution is 2.44. The van der Waals surface area contributed by atoms with Crippen LogP contribution in [0.4, 0.5) is 4.79 Å². The van der Waals surface area contributed by atoms with Crippen LogP contribution in [0.15, 0.2) is 42.6 Å². The number of nitrogens with zero attached hydrogens (tertiary/aromatic N) is 2. The summed E-state index contributed by atoms with van der Waals surface area (Å²) in [6.07, 6.45) is 7.94. The maximum Gasteiger partial charge on any atom is 0.318 e. The number of fused-ring (bicyclic) bond motifs is 5. The molecule has 3 aromatic rings. The lowest BCUT2D eigenvalue weighted by Crippen LogP contribution is -2.42. The second-order valence-corrected chi connectivity index (χ2v) is 9.56. The summed E-state index contributed by atoms with van der Waals surface area (Å²) in [5.74, 6) is 0. The van der Waals surface area contributed by atoms with Crippen molar-refractivity contribution in [2.24, 2.45) is 0 Å². The maximum atomic E-state index is 13.4. The van der Waals surface area contributed by atoms with Gasteiger partial charge in [-0.25, -0.2) is 4.79 Å². The van der Waals surface area contributed by atoms with E-state index < -0.39 is 0 Å². The van der Waals surface area contributed by atoms with Gasteiger partial charge in [-0.3, -0.25) is 0 Å². The fourth-order valence-electron chi connectivity index (χ4n) is 4.91. The summed E-state index contributed by atoms with van der Waals surface area (Å²) in [5.41, 5.74) is 6.42. The summed E-state index contributed by atoms with van der Waals surface area (Å²) in [4.78, 5) is 17.0. The first-order valence-electron chi connectivity index (χ1n) is 11.1. The highest BCUT2D eigenvalue weighted by molar-refractivity contribution is 7.15. The molecule has 0 radical (unpaired) electrons. The largest absolute Gasteiger partial charge is 0.338 e. The maximum absolute atomic E-state index is 13.4. The van der Waals surface area contributed by atoms with Crippen molar-refractivity contribution in [1.29, 1.82) is 0 Å². The van der Waals surface area contributed by atoms with Crippen LogP contribution in [0.3, 0.4) is 0 Å². The van der Waals surface area contributed by atoms with Crippen LogP contribution < -0.4 is 5.32 Å². The van der Waals surface area contributed by atoms with Crippen molar-refractivity contribution in [3.8, 4) is 5.00 Å². The Morgan fingerprint density at radius 3 is 2.87 bits per heavy atom. The molecule has 0 spiro atoms. The predicted molar refractivity (Wildman–Crippen MR) is 123 cm³/mol. The second kappa shape index (κ2) is 7.95. The molecule has 1 aliphatic heterocycles. The molecule has 4 nitrogen and oxygen atoms in total. The lowest BCUT2D eigenvalue weighted by Gasteiger charge is -2.31. The highest BCUT2D eigenvalue weighted by atomic mass is 32.1. The van der Waals surface area contributed by atoms with E-state index in [1.54, 1.807) is 0 Å². The molecular weight excluding hydrogens is 390 g/mol. The van der Waals surface area contributed by atoms with Crippen molar-refractivity contribution in [2.75, 3.05) is 6.54 Å². The zero-order valence-electron chi connectivity index (χ0n) is 17.8. The Hall–Kier alpha value is -2.53. The van der Waals surface area contributed by atoms with Crippen LogP contribution in [-0.4, -0.2) is 22.0 Å². The number of aromatic nitrogens is 1. The number of urea groups is 1. The predicted octanol–water partition coefficient (Wildman–Crippen LogP) is 5.75. The van der Waals surface area contributed by atoms with Crippen molar-refractivity contribution in [3.63, 3.8) is 0 Å². The van der Waals surface area contributed by atoms with E-state index in [1.807, 2.05) is 11.3 Å². The van der Waals surface area contributed by atoms with E-state index in [2.05, 4.69) is 71.2 Å². The first-order valence-corrected chi connectivity index (χ1v) is 11.9. The SMILES string of the molecule is CCCNC(=O)N1Cc2c(sc3c2CCCC3)-n2cccc2[C@@H]1c1cccc(C)c1. The fraction of sp³-hybridized carbons (Fsp3) is 0.400. The van der Waals surface area contributed by atoms with Crippen LogP contribution in [-0.2, 0) is 19.4 Å². The van der Waals surface area contributed by atoms with E-state index in [4.69, 9.17) is 0 Å². The third-order valence-corrected chi connectivity index (χ3v) is 7.66. The van der Waals surface area contributed by atoms with Crippen LogP contribution >= 0.6 is 11.3 Å². The average molecular weight is 420 g/mol. The Kier molecular flexibility index (Phi) is 5.15. The van der Waals surface area contributed by atoms with Gasteiger partial charge in [0.2, 0.25) is 0 Å². The Morgan fingerprint density at radius 1 is 1.17 bits per heavy atom. The Morgan fingerprint density at radius 2 is 2.03 bits per heavy atom. The van der Waals surface area contributed by atoms with Crippen LogP contribution in [0, 0.1) is 6.92 Å². The molecule has 0 saturated carbocycles. The lowest BCUT2D eigenvalue weighted by atomic mass is 9.95. The molecule has 0 unspecified atom stereocenters. The quantitative estimate of drug-likeness (QED) is 0.577. The average Bonchev–Trinajstić information content (AvgIpc) is 3.34. The molecule has 2 aromatic heterocycles. The van der Waals surface area contributed by atoms with Crippen molar-refractivity contribution in [1.82, 2.24) is 14.8 Å². The second-order valence-electron chi connectivity index (χ2n) is 8.47. The minimum absolute atomic E-state index is 0.0275. The van der Waals surface area contributed by atoms with Gasteiger partial charge >= 0.3 is 6.03 Å². The zero-order valence-corrected chi connectivity index (χ0v) is 18.6. The number of thiophene rings is 1. The number of amides is 2. The summed E-state index contributed by atoms with van der Waals surface area (Å²) in [5, 5.41) is 4.46. The van der Waals surface area contributed by atoms with Crippen LogP contribution in [0.1, 0.15) is 65.1 Å². The van der Waals surface area contributed by atoms with Gasteiger partial charge in [0.05, 0.1) is 18.3 Å². The van der Waals surface area contributed by atoms with E-state index in [1.165, 1.54) is 57.1 Å². The van der Waals surface area contributed by atoms with Gasteiger partial charge in [0, 0.05) is 23.2 Å². The lowest BCUT2D eigenvalue weighted by molar-refractivity contribution is 0.180. The molecular formula is C25H29N3OS. The van der Waals surface area contributed by atoms with Gasteiger partial charge in [0.25, 0.3) is 0 Å². The molecule has 0 saturated heterocycles. The first kappa shape index (κ1) is 19.4. The molecule has 5 heteroatoms. The molecule has 0 bridgehead atoms. The first-order chi connectivity index (χ1) is 14.7. The monoisotopic (exact) mass is 419 g/mol. The molecule has 2 aliphatic rings. The van der Waals surface area contributed by atoms with Gasteiger partial charge < -0.3 is 14.8 Å². The summed E-state index contributed by atoms with van der Waals surface area (Å²) in [7, 11) is 0. The molecule has 1 atom stereocenters. The van der Waals surface area contributed by atoms with Crippen LogP contribution in [0.5, 0.6) is 0 Å². The molecule has 1 aromatic carbocycles. The van der Waals surface area contributed by atoms with Crippen molar-refractivity contribution in [3.05, 3.63) is 75.4 Å². The van der Waals surface area contributed by atoms with E-state index in [0.29, 0.717) is 13.1 Å². The third kappa shape index (κ3) is 3.25. The number of aryl methyl sites for hydroxylation is 2. The van der Waals surface area contributed by atoms with Crippen LogP contribution in [0.25, 0.3) is 5.00 Å². The van der Waals surface area contributed by atoms with Gasteiger partial charge in [-0.15, -0.1) is 11.3 Å². The number of hydrogen-bond acceptors (Lipinski definition) is 2. The van der Waals surface area contributed by atoms with E-state index in [-0.39, 0.29) is 12.1 Å². The van der Waals surface area contributed by atoms with Gasteiger partial charge in [0.15, 0.2) is 0 Å². The smallest absolute Gasteiger partial charge is 0.318 e. The van der Waals surface area contributed by atoms with Gasteiger partial charge in [-0.2, -0.15) is 0 Å². The molecule has 5 rings (SSSR count). The summed E-state index contributed by atoms with van der Waals surface area (Å²) >= 11 is 1.94. The summed E-state index contributed by atoms with van der Waals surface area (Å²) in [6, 6.07) is 12.8. The van der Waals surface area contributed by atoms with Crippen molar-refractivity contribution >= 4 is 17.4 Å². The number of benzene rings is 1. The Bertz CT molecular complexity index is 1080. The molecule has 3 heterocycles. The number of nitrogens with one attached hydrogen (secondary N) is 1.